The van der Waals surface area contributed by atoms with Crippen molar-refractivity contribution in [3.05, 3.63) is 66.2 Å². The summed E-state index contributed by atoms with van der Waals surface area (Å²) in [5.74, 6) is -0.209. The van der Waals surface area contributed by atoms with Crippen LogP contribution in [0.2, 0.25) is 0 Å². The molecule has 20 heavy (non-hydrogen) atoms. The van der Waals surface area contributed by atoms with E-state index in [4.69, 9.17) is 9.84 Å². The van der Waals surface area contributed by atoms with Crippen LogP contribution in [0.4, 0.5) is 0 Å². The molecule has 3 nitrogen and oxygen atoms in total. The van der Waals surface area contributed by atoms with Gasteiger partial charge in [-0.1, -0.05) is 48.5 Å². The summed E-state index contributed by atoms with van der Waals surface area (Å²) in [6.45, 7) is 2.00. The molecule has 0 atom stereocenters. The summed E-state index contributed by atoms with van der Waals surface area (Å²) in [6.07, 6.45) is 1.16. The molecule has 0 amide bonds. The molecule has 2 aromatic carbocycles. The zero-order chi connectivity index (χ0) is 14.4. The molecule has 3 heteroatoms. The number of para-hydroxylation sites is 1. The normalized spacial score (nSPS) is 11.2. The molecule has 0 fully saturated rings. The van der Waals surface area contributed by atoms with Gasteiger partial charge in [-0.3, -0.25) is 0 Å². The van der Waals surface area contributed by atoms with Gasteiger partial charge in [-0.15, -0.1) is 0 Å². The Kier molecular flexibility index (Phi) is 4.56. The van der Waals surface area contributed by atoms with Crippen molar-refractivity contribution < 1.29 is 14.6 Å². The maximum Gasteiger partial charge on any atom is 0.328 e. The summed E-state index contributed by atoms with van der Waals surface area (Å²) in [4.78, 5) is 10.6. The van der Waals surface area contributed by atoms with Crippen molar-refractivity contribution in [1.29, 1.82) is 0 Å². The Balaban J connectivity index is 2.19. The molecular formula is C17H16O3. The van der Waals surface area contributed by atoms with Crippen molar-refractivity contribution in [3.8, 4) is 16.9 Å². The number of hydrogen-bond acceptors (Lipinski definition) is 2. The highest BCUT2D eigenvalue weighted by atomic mass is 16.5. The van der Waals surface area contributed by atoms with Crippen molar-refractivity contribution in [2.24, 2.45) is 0 Å². The van der Waals surface area contributed by atoms with Crippen LogP contribution in [-0.4, -0.2) is 17.7 Å². The van der Waals surface area contributed by atoms with E-state index in [1.165, 1.54) is 0 Å². The van der Waals surface area contributed by atoms with E-state index in [0.717, 1.165) is 23.0 Å². The molecule has 0 aliphatic rings. The number of hydrogen-bond donors (Lipinski definition) is 1. The average molecular weight is 268 g/mol. The second kappa shape index (κ2) is 6.57. The van der Waals surface area contributed by atoms with Crippen molar-refractivity contribution in [3.63, 3.8) is 0 Å². The second-order valence-corrected chi connectivity index (χ2v) is 4.48. The Hall–Kier alpha value is -2.55. The number of carbonyl (C=O) groups is 1. The van der Waals surface area contributed by atoms with Crippen molar-refractivity contribution in [1.82, 2.24) is 0 Å². The fourth-order valence-corrected chi connectivity index (χ4v) is 1.89. The van der Waals surface area contributed by atoms with E-state index in [1.54, 1.807) is 6.92 Å². The van der Waals surface area contributed by atoms with Crippen LogP contribution in [0.25, 0.3) is 11.1 Å². The quantitative estimate of drug-likeness (QED) is 0.840. The predicted molar refractivity (Wildman–Crippen MR) is 78.8 cm³/mol. The van der Waals surface area contributed by atoms with Gasteiger partial charge < -0.3 is 9.84 Å². The highest BCUT2D eigenvalue weighted by Crippen LogP contribution is 2.29. The lowest BCUT2D eigenvalue weighted by atomic mass is 10.1. The third-order valence-electron chi connectivity index (χ3n) is 2.80. The lowest BCUT2D eigenvalue weighted by Gasteiger charge is -2.11. The summed E-state index contributed by atoms with van der Waals surface area (Å²) < 4.78 is 5.72. The molecule has 2 rings (SSSR count). The number of aliphatic carboxylic acids is 1. The van der Waals surface area contributed by atoms with E-state index in [2.05, 4.69) is 0 Å². The average Bonchev–Trinajstić information content (AvgIpc) is 2.46. The molecule has 0 saturated heterocycles. The van der Waals surface area contributed by atoms with Gasteiger partial charge in [0.15, 0.2) is 0 Å². The van der Waals surface area contributed by atoms with Crippen LogP contribution in [0.3, 0.4) is 0 Å². The molecule has 0 aromatic heterocycles. The van der Waals surface area contributed by atoms with Gasteiger partial charge in [0.05, 0.1) is 0 Å². The predicted octanol–water partition coefficient (Wildman–Crippen LogP) is 3.76. The second-order valence-electron chi connectivity index (χ2n) is 4.48. The van der Waals surface area contributed by atoms with Gasteiger partial charge in [0, 0.05) is 11.6 Å². The minimum absolute atomic E-state index is 0.260. The number of benzene rings is 2. The van der Waals surface area contributed by atoms with Gasteiger partial charge in [0.1, 0.15) is 12.4 Å². The number of ether oxygens (including phenoxy) is 1. The number of carboxylic acid groups (broad SMARTS) is 1. The molecule has 1 N–H and O–H groups in total. The SMILES string of the molecule is CC(=CC(=O)O)COc1ccccc1-c1ccccc1. The van der Waals surface area contributed by atoms with Crippen LogP contribution in [0.1, 0.15) is 6.92 Å². The summed E-state index contributed by atoms with van der Waals surface area (Å²) in [5.41, 5.74) is 2.74. The summed E-state index contributed by atoms with van der Waals surface area (Å²) >= 11 is 0. The van der Waals surface area contributed by atoms with Crippen LogP contribution in [-0.2, 0) is 4.79 Å². The van der Waals surface area contributed by atoms with Crippen LogP contribution in [0, 0.1) is 0 Å². The van der Waals surface area contributed by atoms with Gasteiger partial charge in [0.2, 0.25) is 0 Å². The Morgan fingerprint density at radius 3 is 2.45 bits per heavy atom. The maximum absolute atomic E-state index is 10.6. The maximum atomic E-state index is 10.6. The molecule has 0 heterocycles. The molecule has 0 unspecified atom stereocenters. The van der Waals surface area contributed by atoms with Crippen molar-refractivity contribution in [2.75, 3.05) is 6.61 Å². The summed E-state index contributed by atoms with van der Waals surface area (Å²) in [5, 5.41) is 8.68. The monoisotopic (exact) mass is 268 g/mol. The molecule has 0 saturated carbocycles. The smallest absolute Gasteiger partial charge is 0.328 e. The Bertz CT molecular complexity index is 615. The zero-order valence-electron chi connectivity index (χ0n) is 11.2. The van der Waals surface area contributed by atoms with Crippen LogP contribution in [0.15, 0.2) is 66.2 Å². The van der Waals surface area contributed by atoms with E-state index in [1.807, 2.05) is 54.6 Å². The fraction of sp³-hybridized carbons (Fsp3) is 0.118. The molecular weight excluding hydrogens is 252 g/mol. The van der Waals surface area contributed by atoms with Crippen molar-refractivity contribution in [2.45, 2.75) is 6.92 Å². The largest absolute Gasteiger partial charge is 0.489 e. The highest BCUT2D eigenvalue weighted by molar-refractivity contribution is 5.80. The molecule has 102 valence electrons. The molecule has 0 bridgehead atoms. The lowest BCUT2D eigenvalue weighted by molar-refractivity contribution is -0.131. The first-order valence-corrected chi connectivity index (χ1v) is 6.34. The molecule has 2 aromatic rings. The number of carboxylic acids is 1. The minimum Gasteiger partial charge on any atom is -0.489 e. The van der Waals surface area contributed by atoms with Gasteiger partial charge >= 0.3 is 5.97 Å². The highest BCUT2D eigenvalue weighted by Gasteiger charge is 2.05. The fourth-order valence-electron chi connectivity index (χ4n) is 1.89. The van der Waals surface area contributed by atoms with Gasteiger partial charge in [-0.05, 0) is 24.1 Å². The molecule has 0 radical (unpaired) electrons. The van der Waals surface area contributed by atoms with Gasteiger partial charge in [0.25, 0.3) is 0 Å². The zero-order valence-corrected chi connectivity index (χ0v) is 11.2. The first kappa shape index (κ1) is 13.9. The molecule has 0 aliphatic heterocycles. The Morgan fingerprint density at radius 1 is 1.10 bits per heavy atom. The van der Waals surface area contributed by atoms with Crippen molar-refractivity contribution >= 4 is 5.97 Å². The minimum atomic E-state index is -0.956. The third-order valence-corrected chi connectivity index (χ3v) is 2.80. The van der Waals surface area contributed by atoms with E-state index < -0.39 is 5.97 Å². The molecule has 0 spiro atoms. The Labute approximate surface area is 118 Å². The van der Waals surface area contributed by atoms with E-state index in [9.17, 15) is 4.79 Å². The van der Waals surface area contributed by atoms with Gasteiger partial charge in [-0.25, -0.2) is 4.79 Å². The van der Waals surface area contributed by atoms with Crippen LogP contribution >= 0.6 is 0 Å². The van der Waals surface area contributed by atoms with Crippen LogP contribution in [0.5, 0.6) is 5.75 Å². The molecule has 0 aliphatic carbocycles. The third kappa shape index (κ3) is 3.72. The standard InChI is InChI=1S/C17H16O3/c1-13(11-17(18)19)12-20-16-10-6-5-9-15(16)14-7-3-2-4-8-14/h2-11H,12H2,1H3,(H,18,19). The summed E-state index contributed by atoms with van der Waals surface area (Å²) in [6, 6.07) is 17.7. The lowest BCUT2D eigenvalue weighted by Crippen LogP contribution is -2.02. The summed E-state index contributed by atoms with van der Waals surface area (Å²) in [7, 11) is 0. The first-order valence-electron chi connectivity index (χ1n) is 6.34. The van der Waals surface area contributed by atoms with Gasteiger partial charge in [-0.2, -0.15) is 0 Å². The van der Waals surface area contributed by atoms with E-state index in [-0.39, 0.29) is 6.61 Å². The van der Waals surface area contributed by atoms with E-state index >= 15 is 0 Å². The van der Waals surface area contributed by atoms with E-state index in [0.29, 0.717) is 5.57 Å². The number of rotatable bonds is 5. The van der Waals surface area contributed by atoms with Crippen LogP contribution < -0.4 is 4.74 Å². The first-order chi connectivity index (χ1) is 9.66. The Morgan fingerprint density at radius 2 is 1.75 bits per heavy atom. The topological polar surface area (TPSA) is 46.5 Å².